The van der Waals surface area contributed by atoms with E-state index in [0.29, 0.717) is 6.42 Å². The molecular weight excluding hydrogens is 168 g/mol. The third kappa shape index (κ3) is 4.85. The second-order valence-electron chi connectivity index (χ2n) is 3.60. The van der Waals surface area contributed by atoms with Gasteiger partial charge in [0.2, 0.25) is 5.91 Å². The smallest absolute Gasteiger partial charge is 0.245 e. The van der Waals surface area contributed by atoms with E-state index in [2.05, 4.69) is 12.4 Å². The summed E-state index contributed by atoms with van der Waals surface area (Å²) in [5, 5.41) is 0. The number of hydrogen-bond donors (Lipinski definition) is 2. The van der Waals surface area contributed by atoms with E-state index in [0.717, 1.165) is 25.7 Å². The van der Waals surface area contributed by atoms with Crippen molar-refractivity contribution in [1.82, 2.24) is 5.48 Å². The highest BCUT2D eigenvalue weighted by atomic mass is 16.7. The van der Waals surface area contributed by atoms with Gasteiger partial charge in [-0.1, -0.05) is 13.3 Å². The summed E-state index contributed by atoms with van der Waals surface area (Å²) >= 11 is 0. The molecule has 1 saturated carbocycles. The number of carbonyl (C=O) groups is 1. The standard InChI is InChI=1S/C9H18N2O2/c1-2-3-7(10)6-9(12)11-13-8-4-5-8/h7-8H,2-6,10H2,1H3,(H,11,12)/t7-/m0/s1. The van der Waals surface area contributed by atoms with Crippen LogP contribution in [-0.4, -0.2) is 18.1 Å². The van der Waals surface area contributed by atoms with Gasteiger partial charge >= 0.3 is 0 Å². The monoisotopic (exact) mass is 186 g/mol. The molecule has 0 heterocycles. The Morgan fingerprint density at radius 1 is 1.69 bits per heavy atom. The second kappa shape index (κ2) is 5.19. The highest BCUT2D eigenvalue weighted by Gasteiger charge is 2.23. The highest BCUT2D eigenvalue weighted by molar-refractivity contribution is 5.75. The van der Waals surface area contributed by atoms with Crippen LogP contribution in [0.25, 0.3) is 0 Å². The molecule has 0 aromatic rings. The Bertz CT molecular complexity index is 169. The first-order valence-electron chi connectivity index (χ1n) is 4.92. The van der Waals surface area contributed by atoms with Gasteiger partial charge in [0.1, 0.15) is 0 Å². The van der Waals surface area contributed by atoms with Crippen LogP contribution < -0.4 is 11.2 Å². The molecule has 1 rings (SSSR count). The zero-order valence-corrected chi connectivity index (χ0v) is 8.08. The van der Waals surface area contributed by atoms with E-state index in [1.807, 2.05) is 0 Å². The maximum atomic E-state index is 11.1. The van der Waals surface area contributed by atoms with Crippen LogP contribution in [0.4, 0.5) is 0 Å². The molecule has 1 atom stereocenters. The number of nitrogens with one attached hydrogen (secondary N) is 1. The molecule has 1 amide bonds. The van der Waals surface area contributed by atoms with Crippen molar-refractivity contribution in [2.24, 2.45) is 5.73 Å². The number of hydrogen-bond acceptors (Lipinski definition) is 3. The summed E-state index contributed by atoms with van der Waals surface area (Å²) < 4.78 is 0. The van der Waals surface area contributed by atoms with Crippen molar-refractivity contribution >= 4 is 5.91 Å². The van der Waals surface area contributed by atoms with Gasteiger partial charge in [0.15, 0.2) is 0 Å². The van der Waals surface area contributed by atoms with Crippen LogP contribution in [0.5, 0.6) is 0 Å². The number of rotatable bonds is 6. The molecule has 0 unspecified atom stereocenters. The molecule has 0 spiro atoms. The van der Waals surface area contributed by atoms with E-state index in [4.69, 9.17) is 10.6 Å². The lowest BCUT2D eigenvalue weighted by Crippen LogP contribution is -2.32. The van der Waals surface area contributed by atoms with Crippen LogP contribution >= 0.6 is 0 Å². The Labute approximate surface area is 78.8 Å². The quantitative estimate of drug-likeness (QED) is 0.600. The largest absolute Gasteiger partial charge is 0.327 e. The molecule has 0 bridgehead atoms. The lowest BCUT2D eigenvalue weighted by atomic mass is 10.1. The van der Waals surface area contributed by atoms with Crippen LogP contribution in [0, 0.1) is 0 Å². The predicted molar refractivity (Wildman–Crippen MR) is 49.8 cm³/mol. The summed E-state index contributed by atoms with van der Waals surface area (Å²) in [6.45, 7) is 2.05. The van der Waals surface area contributed by atoms with E-state index in [1.54, 1.807) is 0 Å². The second-order valence-corrected chi connectivity index (χ2v) is 3.60. The average Bonchev–Trinajstić information content (AvgIpc) is 2.84. The molecule has 1 fully saturated rings. The number of amides is 1. The van der Waals surface area contributed by atoms with Gasteiger partial charge < -0.3 is 5.73 Å². The summed E-state index contributed by atoms with van der Waals surface area (Å²) in [6, 6.07) is -0.0344. The van der Waals surface area contributed by atoms with Gasteiger partial charge in [-0.2, -0.15) is 0 Å². The lowest BCUT2D eigenvalue weighted by molar-refractivity contribution is -0.135. The number of nitrogens with two attached hydrogens (primary N) is 1. The van der Waals surface area contributed by atoms with E-state index >= 15 is 0 Å². The Balaban J connectivity index is 2.01. The summed E-state index contributed by atoms with van der Waals surface area (Å²) in [4.78, 5) is 16.2. The highest BCUT2D eigenvalue weighted by Crippen LogP contribution is 2.21. The minimum atomic E-state index is -0.104. The van der Waals surface area contributed by atoms with Crippen molar-refractivity contribution in [2.75, 3.05) is 0 Å². The molecule has 3 N–H and O–H groups in total. The van der Waals surface area contributed by atoms with Gasteiger partial charge in [-0.05, 0) is 19.3 Å². The zero-order chi connectivity index (χ0) is 9.68. The molecule has 13 heavy (non-hydrogen) atoms. The molecule has 1 aliphatic rings. The molecule has 4 heteroatoms. The normalized spacial score (nSPS) is 18.3. The van der Waals surface area contributed by atoms with Crippen molar-refractivity contribution in [3.8, 4) is 0 Å². The minimum Gasteiger partial charge on any atom is -0.327 e. The summed E-state index contributed by atoms with van der Waals surface area (Å²) in [7, 11) is 0. The molecule has 76 valence electrons. The molecule has 1 aliphatic carbocycles. The fraction of sp³-hybridized carbons (Fsp3) is 0.889. The average molecular weight is 186 g/mol. The Morgan fingerprint density at radius 3 is 2.92 bits per heavy atom. The maximum Gasteiger partial charge on any atom is 0.245 e. The van der Waals surface area contributed by atoms with Gasteiger partial charge in [-0.15, -0.1) is 0 Å². The van der Waals surface area contributed by atoms with Crippen LogP contribution in [0.2, 0.25) is 0 Å². The van der Waals surface area contributed by atoms with Crippen LogP contribution in [-0.2, 0) is 9.63 Å². The van der Waals surface area contributed by atoms with E-state index < -0.39 is 0 Å². The fourth-order valence-corrected chi connectivity index (χ4v) is 1.09. The third-order valence-corrected chi connectivity index (χ3v) is 1.97. The summed E-state index contributed by atoms with van der Waals surface area (Å²) in [6.07, 6.45) is 4.63. The summed E-state index contributed by atoms with van der Waals surface area (Å²) in [5.41, 5.74) is 8.11. The Kier molecular flexibility index (Phi) is 4.18. The summed E-state index contributed by atoms with van der Waals surface area (Å²) in [5.74, 6) is -0.104. The lowest BCUT2D eigenvalue weighted by Gasteiger charge is -2.09. The molecular formula is C9H18N2O2. The van der Waals surface area contributed by atoms with Crippen molar-refractivity contribution in [3.05, 3.63) is 0 Å². The molecule has 0 saturated heterocycles. The first kappa shape index (κ1) is 10.5. The number of hydroxylamine groups is 1. The Hall–Kier alpha value is -0.610. The first-order chi connectivity index (χ1) is 6.22. The molecule has 0 radical (unpaired) electrons. The SMILES string of the molecule is CCC[C@H](N)CC(=O)NOC1CC1. The molecule has 0 aliphatic heterocycles. The van der Waals surface area contributed by atoms with Gasteiger partial charge in [0.05, 0.1) is 6.10 Å². The molecule has 0 aromatic carbocycles. The van der Waals surface area contributed by atoms with Crippen LogP contribution in [0.3, 0.4) is 0 Å². The van der Waals surface area contributed by atoms with E-state index in [9.17, 15) is 4.79 Å². The fourth-order valence-electron chi connectivity index (χ4n) is 1.09. The predicted octanol–water partition coefficient (Wildman–Crippen LogP) is 0.714. The van der Waals surface area contributed by atoms with E-state index in [-0.39, 0.29) is 18.1 Å². The molecule has 4 nitrogen and oxygen atoms in total. The number of carbonyl (C=O) groups excluding carboxylic acids is 1. The van der Waals surface area contributed by atoms with Crippen molar-refractivity contribution in [1.29, 1.82) is 0 Å². The topological polar surface area (TPSA) is 64.4 Å². The van der Waals surface area contributed by atoms with Gasteiger partial charge in [0, 0.05) is 12.5 Å². The first-order valence-corrected chi connectivity index (χ1v) is 4.92. The van der Waals surface area contributed by atoms with Gasteiger partial charge in [-0.3, -0.25) is 9.63 Å². The van der Waals surface area contributed by atoms with E-state index in [1.165, 1.54) is 0 Å². The van der Waals surface area contributed by atoms with Crippen molar-refractivity contribution in [3.63, 3.8) is 0 Å². The molecule has 0 aromatic heterocycles. The third-order valence-electron chi connectivity index (χ3n) is 1.97. The minimum absolute atomic E-state index is 0.0344. The van der Waals surface area contributed by atoms with Crippen molar-refractivity contribution in [2.45, 2.75) is 51.2 Å². The van der Waals surface area contributed by atoms with Gasteiger partial charge in [0.25, 0.3) is 0 Å². The van der Waals surface area contributed by atoms with Gasteiger partial charge in [-0.25, -0.2) is 5.48 Å². The zero-order valence-electron chi connectivity index (χ0n) is 8.08. The van der Waals surface area contributed by atoms with Crippen LogP contribution in [0.15, 0.2) is 0 Å². The maximum absolute atomic E-state index is 11.1. The van der Waals surface area contributed by atoms with Crippen molar-refractivity contribution < 1.29 is 9.63 Å². The van der Waals surface area contributed by atoms with Crippen LogP contribution in [0.1, 0.15) is 39.0 Å². The Morgan fingerprint density at radius 2 is 2.38 bits per heavy atom.